The first-order chi connectivity index (χ1) is 6.31. The van der Waals surface area contributed by atoms with E-state index in [9.17, 15) is 0 Å². The first-order valence-corrected chi connectivity index (χ1v) is 6.06. The summed E-state index contributed by atoms with van der Waals surface area (Å²) in [7, 11) is 0. The van der Waals surface area contributed by atoms with Gasteiger partial charge in [-0.2, -0.15) is 0 Å². The summed E-state index contributed by atoms with van der Waals surface area (Å²) in [5.74, 6) is 0. The van der Waals surface area contributed by atoms with E-state index in [2.05, 4.69) is 28.9 Å². The van der Waals surface area contributed by atoms with E-state index >= 15 is 0 Å². The number of aliphatic hydroxyl groups is 1. The van der Waals surface area contributed by atoms with Crippen LogP contribution < -0.4 is 0 Å². The molecule has 78 valence electrons. The average Bonchev–Trinajstić information content (AvgIpc) is 2.16. The molecule has 0 aliphatic rings. The zero-order valence-electron chi connectivity index (χ0n) is 8.56. The molecular weight excluding hydrogens is 228 g/mol. The zero-order valence-corrected chi connectivity index (χ0v) is 10.1. The lowest BCUT2D eigenvalue weighted by molar-refractivity contribution is 0.339. The van der Waals surface area contributed by atoms with E-state index in [-0.39, 0.29) is 6.61 Å². The van der Waals surface area contributed by atoms with Crippen LogP contribution in [0.1, 0.15) is 51.9 Å². The van der Waals surface area contributed by atoms with Gasteiger partial charge in [0.05, 0.1) is 6.61 Å². The summed E-state index contributed by atoms with van der Waals surface area (Å²) >= 11 is 3.28. The highest BCUT2D eigenvalue weighted by molar-refractivity contribution is 9.11. The second-order valence-corrected chi connectivity index (χ2v) is 4.38. The molecule has 1 nitrogen and oxygen atoms in total. The van der Waals surface area contributed by atoms with Crippen LogP contribution in [-0.2, 0) is 0 Å². The standard InChI is InChI=1S/C11H21BrO/c1-2-3-4-5-6-7-8-9-11(12)10-13/h9,13H,2-8,10H2,1H3/b11-9-. The van der Waals surface area contributed by atoms with Crippen LogP contribution in [0.25, 0.3) is 0 Å². The van der Waals surface area contributed by atoms with Crippen LogP contribution in [0.2, 0.25) is 0 Å². The Balaban J connectivity index is 3.08. The van der Waals surface area contributed by atoms with Gasteiger partial charge in [-0.15, -0.1) is 0 Å². The molecule has 0 radical (unpaired) electrons. The van der Waals surface area contributed by atoms with Crippen LogP contribution in [0.5, 0.6) is 0 Å². The van der Waals surface area contributed by atoms with Crippen molar-refractivity contribution in [2.24, 2.45) is 0 Å². The van der Waals surface area contributed by atoms with Crippen LogP contribution in [-0.4, -0.2) is 11.7 Å². The third-order valence-electron chi connectivity index (χ3n) is 2.07. The highest BCUT2D eigenvalue weighted by Gasteiger charge is 1.90. The lowest BCUT2D eigenvalue weighted by atomic mass is 10.1. The van der Waals surface area contributed by atoms with E-state index in [1.807, 2.05) is 0 Å². The van der Waals surface area contributed by atoms with Crippen molar-refractivity contribution in [2.75, 3.05) is 6.61 Å². The average molecular weight is 249 g/mol. The number of aliphatic hydroxyl groups excluding tert-OH is 1. The van der Waals surface area contributed by atoms with E-state index in [4.69, 9.17) is 5.11 Å². The smallest absolute Gasteiger partial charge is 0.0743 e. The van der Waals surface area contributed by atoms with Crippen LogP contribution in [0, 0.1) is 0 Å². The molecule has 0 saturated heterocycles. The fraction of sp³-hybridized carbons (Fsp3) is 0.818. The SMILES string of the molecule is CCCCCCCC/C=C(\Br)CO. The van der Waals surface area contributed by atoms with E-state index < -0.39 is 0 Å². The molecule has 0 amide bonds. The van der Waals surface area contributed by atoms with Gasteiger partial charge in [0.2, 0.25) is 0 Å². The lowest BCUT2D eigenvalue weighted by Gasteiger charge is -1.98. The Morgan fingerprint density at radius 2 is 1.77 bits per heavy atom. The van der Waals surface area contributed by atoms with Crippen LogP contribution >= 0.6 is 15.9 Å². The Labute approximate surface area is 90.4 Å². The molecule has 0 aromatic heterocycles. The van der Waals surface area contributed by atoms with Gasteiger partial charge >= 0.3 is 0 Å². The largest absolute Gasteiger partial charge is 0.391 e. The molecule has 0 heterocycles. The van der Waals surface area contributed by atoms with Gasteiger partial charge in [0, 0.05) is 4.48 Å². The van der Waals surface area contributed by atoms with Gasteiger partial charge in [-0.25, -0.2) is 0 Å². The fourth-order valence-corrected chi connectivity index (χ4v) is 1.48. The molecule has 13 heavy (non-hydrogen) atoms. The van der Waals surface area contributed by atoms with Crippen molar-refractivity contribution in [1.29, 1.82) is 0 Å². The van der Waals surface area contributed by atoms with Crippen molar-refractivity contribution in [1.82, 2.24) is 0 Å². The molecule has 0 rings (SSSR count). The van der Waals surface area contributed by atoms with E-state index in [1.165, 1.54) is 38.5 Å². The highest BCUT2D eigenvalue weighted by atomic mass is 79.9. The number of rotatable bonds is 8. The molecule has 2 heteroatoms. The molecule has 0 bridgehead atoms. The molecule has 0 aliphatic heterocycles. The minimum Gasteiger partial charge on any atom is -0.391 e. The van der Waals surface area contributed by atoms with Crippen molar-refractivity contribution in [3.63, 3.8) is 0 Å². The summed E-state index contributed by atoms with van der Waals surface area (Å²) in [5.41, 5.74) is 0. The molecular formula is C11H21BrO. The second-order valence-electron chi connectivity index (χ2n) is 3.37. The third kappa shape index (κ3) is 10.1. The molecule has 0 aromatic carbocycles. The first kappa shape index (κ1) is 13.2. The number of hydrogen-bond donors (Lipinski definition) is 1. The van der Waals surface area contributed by atoms with Gasteiger partial charge in [0.15, 0.2) is 0 Å². The normalized spacial score (nSPS) is 12.1. The van der Waals surface area contributed by atoms with Gasteiger partial charge in [-0.1, -0.05) is 61.0 Å². The van der Waals surface area contributed by atoms with E-state index in [0.717, 1.165) is 10.9 Å². The maximum absolute atomic E-state index is 8.69. The van der Waals surface area contributed by atoms with Gasteiger partial charge < -0.3 is 5.11 Å². The molecule has 1 N–H and O–H groups in total. The monoisotopic (exact) mass is 248 g/mol. The molecule has 0 fully saturated rings. The van der Waals surface area contributed by atoms with Crippen LogP contribution in [0.3, 0.4) is 0 Å². The highest BCUT2D eigenvalue weighted by Crippen LogP contribution is 2.10. The summed E-state index contributed by atoms with van der Waals surface area (Å²) in [4.78, 5) is 0. The minimum absolute atomic E-state index is 0.135. The van der Waals surface area contributed by atoms with Crippen molar-refractivity contribution in [2.45, 2.75) is 51.9 Å². The quantitative estimate of drug-likeness (QED) is 0.644. The van der Waals surface area contributed by atoms with Gasteiger partial charge in [0.25, 0.3) is 0 Å². The van der Waals surface area contributed by atoms with E-state index in [1.54, 1.807) is 0 Å². The molecule has 0 aromatic rings. The minimum atomic E-state index is 0.135. The Morgan fingerprint density at radius 1 is 1.15 bits per heavy atom. The zero-order chi connectivity index (χ0) is 9.94. The number of halogens is 1. The first-order valence-electron chi connectivity index (χ1n) is 5.26. The van der Waals surface area contributed by atoms with Crippen molar-refractivity contribution in [3.8, 4) is 0 Å². The summed E-state index contributed by atoms with van der Waals surface area (Å²) in [6.45, 7) is 2.37. The molecule has 0 unspecified atom stereocenters. The number of allylic oxidation sites excluding steroid dienone is 1. The fourth-order valence-electron chi connectivity index (χ4n) is 1.25. The molecule has 0 spiro atoms. The predicted octanol–water partition coefficient (Wildman–Crippen LogP) is 4.01. The summed E-state index contributed by atoms with van der Waals surface area (Å²) in [6.07, 6.45) is 11.2. The summed E-state index contributed by atoms with van der Waals surface area (Å²) < 4.78 is 0.918. The predicted molar refractivity (Wildman–Crippen MR) is 62.1 cm³/mol. The summed E-state index contributed by atoms with van der Waals surface area (Å²) in [6, 6.07) is 0. The third-order valence-corrected chi connectivity index (χ3v) is 2.65. The van der Waals surface area contributed by atoms with Gasteiger partial charge in [0.1, 0.15) is 0 Å². The van der Waals surface area contributed by atoms with E-state index in [0.29, 0.717) is 0 Å². The lowest BCUT2D eigenvalue weighted by Crippen LogP contribution is -1.81. The Hall–Kier alpha value is 0.180. The summed E-state index contributed by atoms with van der Waals surface area (Å²) in [5, 5.41) is 8.69. The maximum Gasteiger partial charge on any atom is 0.0743 e. The van der Waals surface area contributed by atoms with Gasteiger partial charge in [-0.05, 0) is 12.8 Å². The molecule has 0 saturated carbocycles. The Kier molecular flexibility index (Phi) is 10.4. The Bertz CT molecular complexity index is 132. The topological polar surface area (TPSA) is 20.2 Å². The Morgan fingerprint density at radius 3 is 2.38 bits per heavy atom. The molecule has 0 aliphatic carbocycles. The molecule has 0 atom stereocenters. The second kappa shape index (κ2) is 10.3. The number of unbranched alkanes of at least 4 members (excludes halogenated alkanes) is 6. The van der Waals surface area contributed by atoms with Crippen molar-refractivity contribution in [3.05, 3.63) is 10.6 Å². The van der Waals surface area contributed by atoms with Crippen molar-refractivity contribution >= 4 is 15.9 Å². The van der Waals surface area contributed by atoms with Crippen molar-refractivity contribution < 1.29 is 5.11 Å². The van der Waals surface area contributed by atoms with Gasteiger partial charge in [-0.3, -0.25) is 0 Å². The van der Waals surface area contributed by atoms with Crippen LogP contribution in [0.15, 0.2) is 10.6 Å². The number of hydrogen-bond acceptors (Lipinski definition) is 1. The maximum atomic E-state index is 8.69. The van der Waals surface area contributed by atoms with Crippen LogP contribution in [0.4, 0.5) is 0 Å².